The summed E-state index contributed by atoms with van der Waals surface area (Å²) >= 11 is 0. The van der Waals surface area contributed by atoms with E-state index in [0.29, 0.717) is 0 Å². The van der Waals surface area contributed by atoms with Gasteiger partial charge in [-0.3, -0.25) is 19.3 Å². The lowest BCUT2D eigenvalue weighted by Gasteiger charge is -2.40. The molecule has 0 aromatic heterocycles. The highest BCUT2D eigenvalue weighted by Crippen LogP contribution is 2.24. The summed E-state index contributed by atoms with van der Waals surface area (Å²) in [6.07, 6.45) is 3.63. The van der Waals surface area contributed by atoms with Crippen molar-refractivity contribution in [3.8, 4) is 0 Å². The zero-order valence-electron chi connectivity index (χ0n) is 21.5. The van der Waals surface area contributed by atoms with Crippen LogP contribution in [0.25, 0.3) is 0 Å². The van der Waals surface area contributed by atoms with Crippen LogP contribution in [-0.4, -0.2) is 71.3 Å². The third-order valence-corrected chi connectivity index (χ3v) is 4.63. The molecule has 0 aromatic carbocycles. The first-order valence-electron chi connectivity index (χ1n) is 11.6. The Labute approximate surface area is 193 Å². The van der Waals surface area contributed by atoms with Crippen LogP contribution in [-0.2, 0) is 28.6 Å². The molecular formula is C24H44N2O6. The highest BCUT2D eigenvalue weighted by atomic mass is 16.6. The van der Waals surface area contributed by atoms with Gasteiger partial charge in [0.15, 0.2) is 0 Å². The molecule has 0 heterocycles. The molecular weight excluding hydrogens is 412 g/mol. The first kappa shape index (κ1) is 28.4. The molecule has 1 N–H and O–H groups in total. The monoisotopic (exact) mass is 456 g/mol. The van der Waals surface area contributed by atoms with Crippen molar-refractivity contribution >= 4 is 17.9 Å². The van der Waals surface area contributed by atoms with Crippen molar-refractivity contribution in [2.24, 2.45) is 0 Å². The summed E-state index contributed by atoms with van der Waals surface area (Å²) in [6, 6.07) is -0.160. The second kappa shape index (κ2) is 11.5. The van der Waals surface area contributed by atoms with Crippen molar-refractivity contribution in [2.75, 3.05) is 19.6 Å². The van der Waals surface area contributed by atoms with Gasteiger partial charge >= 0.3 is 17.9 Å². The lowest BCUT2D eigenvalue weighted by atomic mass is 9.89. The largest absolute Gasteiger partial charge is 0.459 e. The number of nitrogens with one attached hydrogen (secondary N) is 1. The van der Waals surface area contributed by atoms with Crippen molar-refractivity contribution in [3.63, 3.8) is 0 Å². The van der Waals surface area contributed by atoms with E-state index >= 15 is 0 Å². The lowest BCUT2D eigenvalue weighted by Crippen LogP contribution is -2.56. The number of nitrogens with zero attached hydrogens (tertiary/aromatic N) is 1. The van der Waals surface area contributed by atoms with E-state index in [1.54, 1.807) is 0 Å². The molecule has 186 valence electrons. The molecule has 1 aliphatic carbocycles. The van der Waals surface area contributed by atoms with Crippen LogP contribution in [0.2, 0.25) is 0 Å². The Morgan fingerprint density at radius 2 is 1.12 bits per heavy atom. The number of esters is 3. The molecule has 8 heteroatoms. The topological polar surface area (TPSA) is 94.2 Å². The Hall–Kier alpha value is -1.67. The third kappa shape index (κ3) is 12.4. The van der Waals surface area contributed by atoms with Crippen LogP contribution in [0.15, 0.2) is 0 Å². The molecule has 0 unspecified atom stereocenters. The van der Waals surface area contributed by atoms with Gasteiger partial charge in [-0.2, -0.15) is 0 Å². The van der Waals surface area contributed by atoms with Crippen LogP contribution < -0.4 is 5.32 Å². The Kier molecular flexibility index (Phi) is 10.2. The van der Waals surface area contributed by atoms with Crippen LogP contribution >= 0.6 is 0 Å². The van der Waals surface area contributed by atoms with Crippen LogP contribution in [0.5, 0.6) is 0 Å². The van der Waals surface area contributed by atoms with E-state index in [0.717, 1.165) is 25.7 Å². The summed E-state index contributed by atoms with van der Waals surface area (Å²) in [5.41, 5.74) is -1.78. The SMILES string of the molecule is CC(C)(C)OC(=O)CN[C@@H]1CCCC[C@H]1N(CC(=O)OC(C)(C)C)CC(=O)OC(C)(C)C. The van der Waals surface area contributed by atoms with Crippen molar-refractivity contribution < 1.29 is 28.6 Å². The van der Waals surface area contributed by atoms with Crippen molar-refractivity contribution in [1.82, 2.24) is 10.2 Å². The van der Waals surface area contributed by atoms with Crippen LogP contribution in [0, 0.1) is 0 Å². The molecule has 0 amide bonds. The normalized spacial score (nSPS) is 20.1. The fraction of sp³-hybridized carbons (Fsp3) is 0.875. The summed E-state index contributed by atoms with van der Waals surface area (Å²) < 4.78 is 16.4. The molecule has 8 nitrogen and oxygen atoms in total. The number of rotatable bonds is 8. The van der Waals surface area contributed by atoms with E-state index < -0.39 is 28.7 Å². The fourth-order valence-corrected chi connectivity index (χ4v) is 3.75. The molecule has 0 saturated heterocycles. The van der Waals surface area contributed by atoms with Gasteiger partial charge in [0, 0.05) is 12.1 Å². The number of carbonyl (C=O) groups is 3. The quantitative estimate of drug-likeness (QED) is 0.440. The van der Waals surface area contributed by atoms with Gasteiger partial charge < -0.3 is 19.5 Å². The maximum atomic E-state index is 12.6. The predicted molar refractivity (Wildman–Crippen MR) is 123 cm³/mol. The van der Waals surface area contributed by atoms with Gasteiger partial charge in [0.25, 0.3) is 0 Å². The van der Waals surface area contributed by atoms with Gasteiger partial charge in [-0.05, 0) is 75.2 Å². The lowest BCUT2D eigenvalue weighted by molar-refractivity contribution is -0.162. The molecule has 2 atom stereocenters. The minimum Gasteiger partial charge on any atom is -0.459 e. The number of ether oxygens (including phenoxy) is 3. The molecule has 0 aliphatic heterocycles. The first-order chi connectivity index (χ1) is 14.5. The molecule has 1 aliphatic rings. The van der Waals surface area contributed by atoms with Crippen LogP contribution in [0.1, 0.15) is 88.0 Å². The van der Waals surface area contributed by atoms with E-state index in [9.17, 15) is 14.4 Å². The summed E-state index contributed by atoms with van der Waals surface area (Å²) in [6.45, 7) is 16.4. The minimum atomic E-state index is -0.615. The number of hydrogen-bond acceptors (Lipinski definition) is 8. The average molecular weight is 457 g/mol. The van der Waals surface area contributed by atoms with E-state index in [-0.39, 0.29) is 37.7 Å². The highest BCUT2D eigenvalue weighted by molar-refractivity contribution is 5.75. The molecule has 0 radical (unpaired) electrons. The summed E-state index contributed by atoms with van der Waals surface area (Å²) in [5.74, 6) is -1.11. The maximum absolute atomic E-state index is 12.6. The van der Waals surface area contributed by atoms with E-state index in [4.69, 9.17) is 14.2 Å². The van der Waals surface area contributed by atoms with Gasteiger partial charge in [-0.25, -0.2) is 0 Å². The second-order valence-electron chi connectivity index (χ2n) is 11.5. The average Bonchev–Trinajstić information content (AvgIpc) is 2.54. The minimum absolute atomic E-state index is 0.0220. The molecule has 0 spiro atoms. The highest BCUT2D eigenvalue weighted by Gasteiger charge is 2.34. The molecule has 32 heavy (non-hydrogen) atoms. The van der Waals surface area contributed by atoms with Crippen molar-refractivity contribution in [2.45, 2.75) is 117 Å². The predicted octanol–water partition coefficient (Wildman–Crippen LogP) is 3.21. The number of hydrogen-bond donors (Lipinski definition) is 1. The smallest absolute Gasteiger partial charge is 0.320 e. The van der Waals surface area contributed by atoms with Gasteiger partial charge in [-0.1, -0.05) is 12.8 Å². The number of carbonyl (C=O) groups excluding carboxylic acids is 3. The van der Waals surface area contributed by atoms with Crippen LogP contribution in [0.3, 0.4) is 0 Å². The Balaban J connectivity index is 2.94. The zero-order valence-corrected chi connectivity index (χ0v) is 21.5. The molecule has 1 rings (SSSR count). The van der Waals surface area contributed by atoms with E-state index in [1.165, 1.54) is 0 Å². The van der Waals surface area contributed by atoms with Crippen LogP contribution in [0.4, 0.5) is 0 Å². The van der Waals surface area contributed by atoms with Crippen molar-refractivity contribution in [3.05, 3.63) is 0 Å². The van der Waals surface area contributed by atoms with Gasteiger partial charge in [0.05, 0.1) is 19.6 Å². The first-order valence-corrected chi connectivity index (χ1v) is 11.6. The van der Waals surface area contributed by atoms with Gasteiger partial charge in [0.2, 0.25) is 0 Å². The molecule has 1 fully saturated rings. The fourth-order valence-electron chi connectivity index (χ4n) is 3.75. The third-order valence-electron chi connectivity index (χ3n) is 4.63. The second-order valence-corrected chi connectivity index (χ2v) is 11.5. The zero-order chi connectivity index (χ0) is 24.7. The Bertz CT molecular complexity index is 612. The molecule has 1 saturated carbocycles. The standard InChI is InChI=1S/C24H44N2O6/c1-22(2,3)30-19(27)14-25-17-12-10-11-13-18(17)26(15-20(28)31-23(4,5)6)16-21(29)32-24(7,8)9/h17-18,25H,10-16H2,1-9H3/t17-,18-/m1/s1. The Morgan fingerprint density at radius 1 is 0.719 bits per heavy atom. The van der Waals surface area contributed by atoms with E-state index in [2.05, 4.69) is 5.32 Å². The van der Waals surface area contributed by atoms with Gasteiger partial charge in [-0.15, -0.1) is 0 Å². The summed E-state index contributed by atoms with van der Waals surface area (Å²) in [5, 5.41) is 3.30. The van der Waals surface area contributed by atoms with Crippen molar-refractivity contribution in [1.29, 1.82) is 0 Å². The maximum Gasteiger partial charge on any atom is 0.320 e. The molecule has 0 bridgehead atoms. The summed E-state index contributed by atoms with van der Waals surface area (Å²) in [4.78, 5) is 39.2. The summed E-state index contributed by atoms with van der Waals surface area (Å²) in [7, 11) is 0. The molecule has 0 aromatic rings. The van der Waals surface area contributed by atoms with E-state index in [1.807, 2.05) is 67.2 Å². The van der Waals surface area contributed by atoms with Gasteiger partial charge in [0.1, 0.15) is 16.8 Å². The Morgan fingerprint density at radius 3 is 1.56 bits per heavy atom.